The summed E-state index contributed by atoms with van der Waals surface area (Å²) in [5, 5.41) is 12.5. The third-order valence-electron chi connectivity index (χ3n) is 3.51. The van der Waals surface area contributed by atoms with Gasteiger partial charge in [0.05, 0.1) is 12.3 Å². The van der Waals surface area contributed by atoms with E-state index in [1.807, 2.05) is 30.3 Å². The van der Waals surface area contributed by atoms with Crippen LogP contribution < -0.4 is 0 Å². The lowest BCUT2D eigenvalue weighted by molar-refractivity contribution is -0.286. The Morgan fingerprint density at radius 1 is 1.25 bits per heavy atom. The van der Waals surface area contributed by atoms with E-state index < -0.39 is 18.7 Å². The van der Waals surface area contributed by atoms with Crippen molar-refractivity contribution in [3.05, 3.63) is 35.9 Å². The summed E-state index contributed by atoms with van der Waals surface area (Å²) in [5.41, 5.74) is 1.45. The molecule has 1 N–H and O–H groups in total. The average Bonchev–Trinajstić information content (AvgIpc) is 2.54. The number of hydrogen-bond donors (Lipinski definition) is 1. The van der Waals surface area contributed by atoms with Crippen LogP contribution in [0.4, 0.5) is 0 Å². The fraction of sp³-hybridized carbons (Fsp3) is 0.500. The zero-order chi connectivity index (χ0) is 13.9. The molecule has 6 nitrogen and oxygen atoms in total. The molecule has 3 rings (SSSR count). The van der Waals surface area contributed by atoms with Crippen molar-refractivity contribution in [3.8, 4) is 0 Å². The summed E-state index contributed by atoms with van der Waals surface area (Å²) in [7, 11) is 1.55. The highest BCUT2D eigenvalue weighted by Crippen LogP contribution is 2.32. The lowest BCUT2D eigenvalue weighted by atomic mass is 10.0. The van der Waals surface area contributed by atoms with Crippen molar-refractivity contribution in [2.24, 2.45) is 5.16 Å². The topological polar surface area (TPSA) is 69.5 Å². The average molecular weight is 279 g/mol. The smallest absolute Gasteiger partial charge is 0.184 e. The van der Waals surface area contributed by atoms with Crippen molar-refractivity contribution in [2.75, 3.05) is 13.7 Å². The Morgan fingerprint density at radius 2 is 2.05 bits per heavy atom. The van der Waals surface area contributed by atoms with Gasteiger partial charge in [0.1, 0.15) is 12.2 Å². The standard InChI is InChI=1S/C14H17NO5/c1-17-12-7-10(15-16)13-11(19-12)8-18-14(20-13)9-5-3-2-4-6-9/h2-6,11-14,16H,7-8H2,1H3/t11-,12+,13-,14-/m0/s1. The second-order valence-corrected chi connectivity index (χ2v) is 4.77. The largest absolute Gasteiger partial charge is 0.411 e. The summed E-state index contributed by atoms with van der Waals surface area (Å²) < 4.78 is 22.4. The van der Waals surface area contributed by atoms with Crippen LogP contribution in [0.2, 0.25) is 0 Å². The highest BCUT2D eigenvalue weighted by Gasteiger charge is 2.42. The van der Waals surface area contributed by atoms with Crippen LogP contribution in [-0.2, 0) is 18.9 Å². The number of benzene rings is 1. The van der Waals surface area contributed by atoms with Gasteiger partial charge in [0, 0.05) is 19.1 Å². The van der Waals surface area contributed by atoms with Gasteiger partial charge < -0.3 is 24.2 Å². The molecule has 4 atom stereocenters. The molecule has 0 aromatic heterocycles. The van der Waals surface area contributed by atoms with Gasteiger partial charge in [-0.1, -0.05) is 35.5 Å². The van der Waals surface area contributed by atoms with E-state index in [4.69, 9.17) is 24.2 Å². The Kier molecular flexibility index (Phi) is 3.98. The molecule has 2 heterocycles. The molecule has 6 heteroatoms. The molecule has 0 bridgehead atoms. The van der Waals surface area contributed by atoms with E-state index in [1.54, 1.807) is 7.11 Å². The molecule has 2 aliphatic rings. The maximum absolute atomic E-state index is 9.16. The summed E-state index contributed by atoms with van der Waals surface area (Å²) >= 11 is 0. The SMILES string of the molecule is CO[C@H]1CC(=NO)[C@@H]2O[C@@H](c3ccccc3)OC[C@@H]2O1. The molecule has 0 saturated carbocycles. The van der Waals surface area contributed by atoms with Crippen molar-refractivity contribution in [1.29, 1.82) is 0 Å². The lowest BCUT2D eigenvalue weighted by Gasteiger charge is -2.41. The van der Waals surface area contributed by atoms with Crippen LogP contribution in [0.25, 0.3) is 0 Å². The van der Waals surface area contributed by atoms with Gasteiger partial charge in [-0.3, -0.25) is 0 Å². The summed E-state index contributed by atoms with van der Waals surface area (Å²) in [6.07, 6.45) is -1.25. The van der Waals surface area contributed by atoms with Crippen LogP contribution in [0, 0.1) is 0 Å². The van der Waals surface area contributed by atoms with E-state index in [0.29, 0.717) is 18.7 Å². The van der Waals surface area contributed by atoms with Gasteiger partial charge >= 0.3 is 0 Å². The summed E-state index contributed by atoms with van der Waals surface area (Å²) in [5.74, 6) is 0. The minimum atomic E-state index is -0.475. The molecule has 20 heavy (non-hydrogen) atoms. The summed E-state index contributed by atoms with van der Waals surface area (Å²) in [6, 6.07) is 9.65. The van der Waals surface area contributed by atoms with Crippen molar-refractivity contribution >= 4 is 5.71 Å². The fourth-order valence-electron chi connectivity index (χ4n) is 2.49. The fourth-order valence-corrected chi connectivity index (χ4v) is 2.49. The predicted molar refractivity (Wildman–Crippen MR) is 69.5 cm³/mol. The van der Waals surface area contributed by atoms with Gasteiger partial charge in [-0.25, -0.2) is 0 Å². The first-order valence-electron chi connectivity index (χ1n) is 6.53. The number of oxime groups is 1. The minimum absolute atomic E-state index is 0.320. The molecular weight excluding hydrogens is 262 g/mol. The van der Waals surface area contributed by atoms with Crippen LogP contribution in [0.15, 0.2) is 35.5 Å². The third kappa shape index (κ3) is 2.55. The number of rotatable bonds is 2. The normalized spacial score (nSPS) is 35.8. The van der Waals surface area contributed by atoms with Crippen LogP contribution >= 0.6 is 0 Å². The quantitative estimate of drug-likeness (QED) is 0.659. The van der Waals surface area contributed by atoms with Gasteiger partial charge in [-0.05, 0) is 0 Å². The van der Waals surface area contributed by atoms with E-state index in [0.717, 1.165) is 5.56 Å². The molecule has 2 saturated heterocycles. The van der Waals surface area contributed by atoms with Crippen LogP contribution in [-0.4, -0.2) is 43.1 Å². The minimum Gasteiger partial charge on any atom is -0.411 e. The molecular formula is C14H17NO5. The highest BCUT2D eigenvalue weighted by molar-refractivity contribution is 5.89. The molecule has 2 aliphatic heterocycles. The van der Waals surface area contributed by atoms with E-state index in [1.165, 1.54) is 0 Å². The predicted octanol–water partition coefficient (Wildman–Crippen LogP) is 1.69. The highest BCUT2D eigenvalue weighted by atomic mass is 16.7. The second-order valence-electron chi connectivity index (χ2n) is 4.77. The zero-order valence-electron chi connectivity index (χ0n) is 11.1. The second kappa shape index (κ2) is 5.88. The lowest BCUT2D eigenvalue weighted by Crippen LogP contribution is -2.53. The maximum atomic E-state index is 9.16. The molecule has 1 aromatic rings. The molecule has 0 unspecified atom stereocenters. The van der Waals surface area contributed by atoms with Gasteiger partial charge in [0.25, 0.3) is 0 Å². The van der Waals surface area contributed by atoms with Crippen LogP contribution in [0.5, 0.6) is 0 Å². The van der Waals surface area contributed by atoms with Crippen LogP contribution in [0.3, 0.4) is 0 Å². The Morgan fingerprint density at radius 3 is 2.75 bits per heavy atom. The molecule has 0 aliphatic carbocycles. The first-order valence-corrected chi connectivity index (χ1v) is 6.53. The number of ether oxygens (including phenoxy) is 4. The Balaban J connectivity index is 1.76. The molecule has 108 valence electrons. The van der Waals surface area contributed by atoms with E-state index in [9.17, 15) is 0 Å². The molecule has 2 fully saturated rings. The van der Waals surface area contributed by atoms with Crippen LogP contribution in [0.1, 0.15) is 18.3 Å². The van der Waals surface area contributed by atoms with Gasteiger partial charge in [0.15, 0.2) is 12.6 Å². The van der Waals surface area contributed by atoms with Crippen molar-refractivity contribution in [1.82, 2.24) is 0 Å². The number of methoxy groups -OCH3 is 1. The van der Waals surface area contributed by atoms with E-state index >= 15 is 0 Å². The van der Waals surface area contributed by atoms with Gasteiger partial charge in [-0.2, -0.15) is 0 Å². The summed E-state index contributed by atoms with van der Waals surface area (Å²) in [6.45, 7) is 0.364. The van der Waals surface area contributed by atoms with Crippen molar-refractivity contribution in [3.63, 3.8) is 0 Å². The molecule has 0 amide bonds. The maximum Gasteiger partial charge on any atom is 0.184 e. The Bertz CT molecular complexity index is 478. The van der Waals surface area contributed by atoms with Gasteiger partial charge in [-0.15, -0.1) is 0 Å². The molecule has 0 radical (unpaired) electrons. The zero-order valence-corrected chi connectivity index (χ0v) is 11.1. The van der Waals surface area contributed by atoms with Crippen molar-refractivity contribution < 1.29 is 24.2 Å². The summed E-state index contributed by atoms with van der Waals surface area (Å²) in [4.78, 5) is 0. The van der Waals surface area contributed by atoms with Gasteiger partial charge in [0.2, 0.25) is 0 Å². The van der Waals surface area contributed by atoms with Crippen molar-refractivity contribution in [2.45, 2.75) is 31.2 Å². The monoisotopic (exact) mass is 279 g/mol. The molecule has 1 aromatic carbocycles. The first kappa shape index (κ1) is 13.5. The Hall–Kier alpha value is -1.47. The first-order chi connectivity index (χ1) is 9.81. The number of fused-ring (bicyclic) bond motifs is 1. The van der Waals surface area contributed by atoms with E-state index in [-0.39, 0.29) is 6.10 Å². The molecule has 0 spiro atoms. The Labute approximate surface area is 116 Å². The third-order valence-corrected chi connectivity index (χ3v) is 3.51. The number of nitrogens with zero attached hydrogens (tertiary/aromatic N) is 1. The number of hydrogen-bond acceptors (Lipinski definition) is 6. The van der Waals surface area contributed by atoms with E-state index in [2.05, 4.69) is 5.16 Å².